The van der Waals surface area contributed by atoms with Crippen molar-refractivity contribution in [3.63, 3.8) is 0 Å². The lowest BCUT2D eigenvalue weighted by Gasteiger charge is -2.23. The zero-order valence-electron chi connectivity index (χ0n) is 13.8. The van der Waals surface area contributed by atoms with Gasteiger partial charge in [-0.3, -0.25) is 9.69 Å². The van der Waals surface area contributed by atoms with Crippen LogP contribution in [0.25, 0.3) is 0 Å². The van der Waals surface area contributed by atoms with Gasteiger partial charge in [-0.25, -0.2) is 4.39 Å². The number of halogens is 1. The summed E-state index contributed by atoms with van der Waals surface area (Å²) < 4.78 is 23.9. The van der Waals surface area contributed by atoms with Gasteiger partial charge in [0.2, 0.25) is 5.89 Å². The molecule has 0 aliphatic heterocycles. The van der Waals surface area contributed by atoms with Gasteiger partial charge in [0.05, 0.1) is 13.7 Å². The molecule has 0 saturated heterocycles. The van der Waals surface area contributed by atoms with Crippen LogP contribution in [0.1, 0.15) is 36.7 Å². The zero-order valence-corrected chi connectivity index (χ0v) is 13.8. The molecule has 0 spiro atoms. The first kappa shape index (κ1) is 17.9. The molecule has 1 aromatic heterocycles. The molecule has 0 fully saturated rings. The molecule has 2 rings (SSSR count). The molecule has 0 saturated carbocycles. The molecule has 1 atom stereocenters. The first-order chi connectivity index (χ1) is 11.5. The summed E-state index contributed by atoms with van der Waals surface area (Å²) in [4.78, 5) is 17.4. The highest BCUT2D eigenvalue weighted by Crippen LogP contribution is 2.26. The van der Waals surface area contributed by atoms with Gasteiger partial charge in [-0.15, -0.1) is 0 Å². The number of nitrogens with zero attached hydrogens (tertiary/aromatic N) is 3. The Morgan fingerprint density at radius 3 is 2.83 bits per heavy atom. The second kappa shape index (κ2) is 7.87. The van der Waals surface area contributed by atoms with Crippen LogP contribution in [0.4, 0.5) is 4.39 Å². The summed E-state index contributed by atoms with van der Waals surface area (Å²) in [5, 5.41) is 13.4. The number of likely N-dealkylation sites (N-methyl/N-ethyl adjacent to an activating group) is 1. The number of methoxy groups -OCH3 is 1. The predicted octanol–water partition coefficient (Wildman–Crippen LogP) is 2.43. The molecule has 1 unspecified atom stereocenters. The van der Waals surface area contributed by atoms with Crippen molar-refractivity contribution >= 4 is 5.97 Å². The largest absolute Gasteiger partial charge is 0.494 e. The minimum atomic E-state index is -1.10. The lowest BCUT2D eigenvalue weighted by Crippen LogP contribution is -2.30. The fourth-order valence-corrected chi connectivity index (χ4v) is 2.42. The Bertz CT molecular complexity index is 704. The second-order valence-electron chi connectivity index (χ2n) is 5.40. The van der Waals surface area contributed by atoms with Gasteiger partial charge in [0.25, 0.3) is 0 Å². The van der Waals surface area contributed by atoms with Crippen LogP contribution in [0.5, 0.6) is 5.75 Å². The molecule has 130 valence electrons. The maximum Gasteiger partial charge on any atom is 0.325 e. The van der Waals surface area contributed by atoms with Gasteiger partial charge in [-0.2, -0.15) is 4.98 Å². The molecule has 0 aliphatic carbocycles. The van der Waals surface area contributed by atoms with E-state index in [0.29, 0.717) is 23.7 Å². The molecular weight excluding hydrogens is 317 g/mol. The maximum atomic E-state index is 13.9. The Hall–Kier alpha value is -2.48. The van der Waals surface area contributed by atoms with E-state index >= 15 is 0 Å². The summed E-state index contributed by atoms with van der Waals surface area (Å²) in [7, 11) is 2.95. The van der Waals surface area contributed by atoms with Crippen LogP contribution in [0.3, 0.4) is 0 Å². The molecule has 1 N–H and O–H groups in total. The third kappa shape index (κ3) is 4.08. The van der Waals surface area contributed by atoms with Gasteiger partial charge >= 0.3 is 5.97 Å². The lowest BCUT2D eigenvalue weighted by molar-refractivity contribution is -0.143. The van der Waals surface area contributed by atoms with Crippen molar-refractivity contribution in [1.82, 2.24) is 15.0 Å². The van der Waals surface area contributed by atoms with Gasteiger partial charge in [0.15, 0.2) is 17.4 Å². The van der Waals surface area contributed by atoms with Gasteiger partial charge in [-0.05, 0) is 31.2 Å². The maximum absolute atomic E-state index is 13.9. The number of carboxylic acid groups (broad SMARTS) is 1. The standard InChI is InChI=1S/C16H20FN3O4/c1-4-5-13-18-14(24-19-13)9-20(2)15(16(21)22)10-6-7-12(23-3)11(17)8-10/h6-8,15H,4-5,9H2,1-3H3,(H,21,22). The average Bonchev–Trinajstić information content (AvgIpc) is 2.94. The van der Waals surface area contributed by atoms with Gasteiger partial charge in [0, 0.05) is 6.42 Å². The van der Waals surface area contributed by atoms with Crippen LogP contribution in [0.2, 0.25) is 0 Å². The Labute approximate surface area is 139 Å². The summed E-state index contributed by atoms with van der Waals surface area (Å²) in [6, 6.07) is 3.03. The van der Waals surface area contributed by atoms with Gasteiger partial charge in [-0.1, -0.05) is 18.1 Å². The van der Waals surface area contributed by atoms with Crippen LogP contribution in [0.15, 0.2) is 22.7 Å². The third-order valence-electron chi connectivity index (χ3n) is 3.53. The van der Waals surface area contributed by atoms with E-state index in [0.717, 1.165) is 12.5 Å². The smallest absolute Gasteiger partial charge is 0.325 e. The number of aliphatic carboxylic acids is 1. The summed E-state index contributed by atoms with van der Waals surface area (Å²) in [6.45, 7) is 2.14. The summed E-state index contributed by atoms with van der Waals surface area (Å²) in [5.74, 6) is -0.746. The SMILES string of the molecule is CCCc1noc(CN(C)C(C(=O)O)c2ccc(OC)c(F)c2)n1. The highest BCUT2D eigenvalue weighted by Gasteiger charge is 2.27. The number of aryl methyl sites for hydroxylation is 1. The molecule has 1 heterocycles. The Balaban J connectivity index is 2.19. The number of hydrogen-bond donors (Lipinski definition) is 1. The van der Waals surface area contributed by atoms with E-state index in [1.165, 1.54) is 24.1 Å². The minimum absolute atomic E-state index is 0.0617. The van der Waals surface area contributed by atoms with E-state index < -0.39 is 17.8 Å². The highest BCUT2D eigenvalue weighted by molar-refractivity contribution is 5.75. The molecule has 8 heteroatoms. The number of ether oxygens (including phenoxy) is 1. The van der Waals surface area contributed by atoms with E-state index in [1.807, 2.05) is 6.92 Å². The number of aromatic nitrogens is 2. The highest BCUT2D eigenvalue weighted by atomic mass is 19.1. The monoisotopic (exact) mass is 337 g/mol. The fraction of sp³-hybridized carbons (Fsp3) is 0.438. The van der Waals surface area contributed by atoms with Crippen molar-refractivity contribution in [2.24, 2.45) is 0 Å². The third-order valence-corrected chi connectivity index (χ3v) is 3.53. The Morgan fingerprint density at radius 1 is 1.50 bits per heavy atom. The summed E-state index contributed by atoms with van der Waals surface area (Å²) in [6.07, 6.45) is 1.58. The summed E-state index contributed by atoms with van der Waals surface area (Å²) in [5.41, 5.74) is 0.302. The molecular formula is C16H20FN3O4. The lowest BCUT2D eigenvalue weighted by atomic mass is 10.1. The van der Waals surface area contributed by atoms with Crippen molar-refractivity contribution in [2.45, 2.75) is 32.4 Å². The van der Waals surface area contributed by atoms with E-state index in [-0.39, 0.29) is 12.3 Å². The molecule has 0 amide bonds. The van der Waals surface area contributed by atoms with Crippen LogP contribution in [0, 0.1) is 5.82 Å². The number of rotatable bonds is 8. The van der Waals surface area contributed by atoms with E-state index in [2.05, 4.69) is 10.1 Å². The van der Waals surface area contributed by atoms with Crippen molar-refractivity contribution in [1.29, 1.82) is 0 Å². The quantitative estimate of drug-likeness (QED) is 0.791. The molecule has 2 aromatic rings. The van der Waals surface area contributed by atoms with E-state index in [9.17, 15) is 14.3 Å². The molecule has 0 aliphatic rings. The second-order valence-corrected chi connectivity index (χ2v) is 5.40. The molecule has 7 nitrogen and oxygen atoms in total. The van der Waals surface area contributed by atoms with E-state index in [4.69, 9.17) is 9.26 Å². The Morgan fingerprint density at radius 2 is 2.25 bits per heavy atom. The van der Waals surface area contributed by atoms with Crippen molar-refractivity contribution in [2.75, 3.05) is 14.2 Å². The summed E-state index contributed by atoms with van der Waals surface area (Å²) >= 11 is 0. The average molecular weight is 337 g/mol. The van der Waals surface area contributed by atoms with Crippen LogP contribution in [-0.2, 0) is 17.8 Å². The van der Waals surface area contributed by atoms with Crippen LogP contribution >= 0.6 is 0 Å². The molecule has 1 aromatic carbocycles. The van der Waals surface area contributed by atoms with Crippen molar-refractivity contribution in [3.8, 4) is 5.75 Å². The van der Waals surface area contributed by atoms with Crippen LogP contribution < -0.4 is 4.74 Å². The molecule has 0 bridgehead atoms. The molecule has 0 radical (unpaired) electrons. The predicted molar refractivity (Wildman–Crippen MR) is 83.1 cm³/mol. The van der Waals surface area contributed by atoms with Gasteiger partial charge in [0.1, 0.15) is 6.04 Å². The zero-order chi connectivity index (χ0) is 17.7. The Kier molecular flexibility index (Phi) is 5.86. The van der Waals surface area contributed by atoms with Crippen molar-refractivity contribution in [3.05, 3.63) is 41.3 Å². The number of benzene rings is 1. The fourth-order valence-electron chi connectivity index (χ4n) is 2.42. The normalized spacial score (nSPS) is 12.4. The van der Waals surface area contributed by atoms with Crippen LogP contribution in [-0.4, -0.2) is 40.3 Å². The molecule has 24 heavy (non-hydrogen) atoms. The first-order valence-corrected chi connectivity index (χ1v) is 7.54. The number of carboxylic acids is 1. The number of hydrogen-bond acceptors (Lipinski definition) is 6. The number of carbonyl (C=O) groups is 1. The topological polar surface area (TPSA) is 88.7 Å². The first-order valence-electron chi connectivity index (χ1n) is 7.54. The minimum Gasteiger partial charge on any atom is -0.494 e. The van der Waals surface area contributed by atoms with Crippen molar-refractivity contribution < 1.29 is 23.6 Å². The van der Waals surface area contributed by atoms with Gasteiger partial charge < -0.3 is 14.4 Å². The van der Waals surface area contributed by atoms with E-state index in [1.54, 1.807) is 7.05 Å².